The van der Waals surface area contributed by atoms with Crippen LogP contribution in [0.4, 0.5) is 5.82 Å². The van der Waals surface area contributed by atoms with Gasteiger partial charge in [0.25, 0.3) is 0 Å². The SMILES string of the molecule is Nc1ncnn2c(C3OC(COCc4ccccc4)[C@@H](OCc4ccccc4)[C@H]3OCc3ccccc3)cnc12. The molecule has 9 nitrogen and oxygen atoms in total. The molecule has 3 heterocycles. The van der Waals surface area contributed by atoms with Crippen molar-refractivity contribution < 1.29 is 18.9 Å². The van der Waals surface area contributed by atoms with Crippen LogP contribution < -0.4 is 5.73 Å². The molecule has 0 radical (unpaired) electrons. The molecule has 3 aromatic carbocycles. The van der Waals surface area contributed by atoms with E-state index in [0.29, 0.717) is 43.6 Å². The third-order valence-corrected chi connectivity index (χ3v) is 6.92. The van der Waals surface area contributed by atoms with Crippen molar-refractivity contribution in [1.82, 2.24) is 19.6 Å². The number of nitrogens with two attached hydrogens (primary N) is 1. The van der Waals surface area contributed by atoms with Crippen LogP contribution in [0.15, 0.2) is 104 Å². The van der Waals surface area contributed by atoms with Gasteiger partial charge in [-0.1, -0.05) is 91.0 Å². The molecular formula is C31H31N5O4. The Balaban J connectivity index is 1.29. The first-order chi connectivity index (χ1) is 19.8. The molecule has 0 amide bonds. The van der Waals surface area contributed by atoms with Crippen LogP contribution >= 0.6 is 0 Å². The van der Waals surface area contributed by atoms with E-state index in [9.17, 15) is 0 Å². The molecule has 2 unspecified atom stereocenters. The molecule has 0 aliphatic carbocycles. The molecule has 5 aromatic rings. The van der Waals surface area contributed by atoms with Crippen molar-refractivity contribution >= 4 is 11.5 Å². The molecule has 0 spiro atoms. The van der Waals surface area contributed by atoms with E-state index in [1.165, 1.54) is 6.33 Å². The highest BCUT2D eigenvalue weighted by atomic mass is 16.6. The number of imidazole rings is 1. The van der Waals surface area contributed by atoms with E-state index in [2.05, 4.69) is 15.1 Å². The fourth-order valence-electron chi connectivity index (χ4n) is 4.93. The Kier molecular flexibility index (Phi) is 8.06. The number of aromatic nitrogens is 4. The zero-order chi connectivity index (χ0) is 27.1. The maximum Gasteiger partial charge on any atom is 0.196 e. The van der Waals surface area contributed by atoms with Gasteiger partial charge in [0.05, 0.1) is 38.3 Å². The lowest BCUT2D eigenvalue weighted by atomic mass is 10.0. The van der Waals surface area contributed by atoms with Crippen LogP contribution in [-0.4, -0.2) is 44.5 Å². The van der Waals surface area contributed by atoms with Crippen LogP contribution in [0, 0.1) is 0 Å². The second-order valence-corrected chi connectivity index (χ2v) is 9.68. The van der Waals surface area contributed by atoms with E-state index in [0.717, 1.165) is 16.7 Å². The first-order valence-electron chi connectivity index (χ1n) is 13.3. The average molecular weight is 538 g/mol. The molecule has 9 heteroatoms. The van der Waals surface area contributed by atoms with E-state index < -0.39 is 24.4 Å². The van der Waals surface area contributed by atoms with Gasteiger partial charge in [0, 0.05) is 0 Å². The van der Waals surface area contributed by atoms with Crippen molar-refractivity contribution in [3.8, 4) is 0 Å². The quantitative estimate of drug-likeness (QED) is 0.262. The Bertz CT molecular complexity index is 1500. The molecule has 40 heavy (non-hydrogen) atoms. The van der Waals surface area contributed by atoms with E-state index in [1.807, 2.05) is 91.0 Å². The van der Waals surface area contributed by atoms with Crippen molar-refractivity contribution in [2.75, 3.05) is 12.3 Å². The van der Waals surface area contributed by atoms with Crippen molar-refractivity contribution in [2.45, 2.75) is 44.2 Å². The molecule has 2 aromatic heterocycles. The van der Waals surface area contributed by atoms with Crippen LogP contribution in [0.3, 0.4) is 0 Å². The normalized spacial score (nSPS) is 20.7. The van der Waals surface area contributed by atoms with E-state index in [1.54, 1.807) is 10.7 Å². The lowest BCUT2D eigenvalue weighted by Crippen LogP contribution is -2.38. The van der Waals surface area contributed by atoms with Gasteiger partial charge in [-0.3, -0.25) is 0 Å². The van der Waals surface area contributed by atoms with Gasteiger partial charge in [-0.05, 0) is 16.7 Å². The summed E-state index contributed by atoms with van der Waals surface area (Å²) in [6.45, 7) is 1.59. The summed E-state index contributed by atoms with van der Waals surface area (Å²) in [5.41, 5.74) is 10.5. The van der Waals surface area contributed by atoms with Crippen molar-refractivity contribution in [1.29, 1.82) is 0 Å². The third-order valence-electron chi connectivity index (χ3n) is 6.92. The highest BCUT2D eigenvalue weighted by Crippen LogP contribution is 2.38. The summed E-state index contributed by atoms with van der Waals surface area (Å²) >= 11 is 0. The van der Waals surface area contributed by atoms with E-state index >= 15 is 0 Å². The molecule has 204 valence electrons. The number of benzene rings is 3. The van der Waals surface area contributed by atoms with Crippen LogP contribution in [0.1, 0.15) is 28.5 Å². The maximum absolute atomic E-state index is 6.66. The van der Waals surface area contributed by atoms with Crippen molar-refractivity contribution in [3.05, 3.63) is 126 Å². The lowest BCUT2D eigenvalue weighted by molar-refractivity contribution is -0.0898. The molecule has 1 aliphatic rings. The predicted molar refractivity (Wildman–Crippen MR) is 149 cm³/mol. The first-order valence-corrected chi connectivity index (χ1v) is 13.3. The summed E-state index contributed by atoms with van der Waals surface area (Å²) in [4.78, 5) is 8.54. The lowest BCUT2D eigenvalue weighted by Gasteiger charge is -2.25. The Morgan fingerprint density at radius 1 is 0.725 bits per heavy atom. The fourth-order valence-corrected chi connectivity index (χ4v) is 4.93. The molecule has 0 saturated carbocycles. The van der Waals surface area contributed by atoms with Crippen molar-refractivity contribution in [3.63, 3.8) is 0 Å². The molecular weight excluding hydrogens is 506 g/mol. The van der Waals surface area contributed by atoms with Crippen molar-refractivity contribution in [2.24, 2.45) is 0 Å². The minimum Gasteiger partial charge on any atom is -0.381 e. The third kappa shape index (κ3) is 5.88. The van der Waals surface area contributed by atoms with Gasteiger partial charge in [-0.2, -0.15) is 5.10 Å². The minimum absolute atomic E-state index is 0.292. The van der Waals surface area contributed by atoms with Crippen LogP contribution in [0.25, 0.3) is 5.65 Å². The largest absolute Gasteiger partial charge is 0.381 e. The number of fused-ring (bicyclic) bond motifs is 1. The molecule has 2 N–H and O–H groups in total. The Morgan fingerprint density at radius 2 is 1.30 bits per heavy atom. The Hall–Kier alpha value is -4.15. The number of rotatable bonds is 11. The van der Waals surface area contributed by atoms with Crippen LogP contribution in [-0.2, 0) is 38.8 Å². The minimum atomic E-state index is -0.529. The number of hydrogen-bond donors (Lipinski definition) is 1. The predicted octanol–water partition coefficient (Wildman–Crippen LogP) is 4.53. The summed E-state index contributed by atoms with van der Waals surface area (Å²) in [6.07, 6.45) is 1.30. The molecule has 6 rings (SSSR count). The van der Waals surface area contributed by atoms with Crippen LogP contribution in [0.2, 0.25) is 0 Å². The summed E-state index contributed by atoms with van der Waals surface area (Å²) in [5, 5.41) is 4.40. The topological polar surface area (TPSA) is 106 Å². The summed E-state index contributed by atoms with van der Waals surface area (Å²) in [6, 6.07) is 30.2. The Morgan fingerprint density at radius 3 is 1.93 bits per heavy atom. The van der Waals surface area contributed by atoms with Gasteiger partial charge in [-0.15, -0.1) is 0 Å². The van der Waals surface area contributed by atoms with Gasteiger partial charge in [0.1, 0.15) is 30.7 Å². The highest BCUT2D eigenvalue weighted by Gasteiger charge is 2.48. The summed E-state index contributed by atoms with van der Waals surface area (Å²) in [5.74, 6) is 0.292. The maximum atomic E-state index is 6.66. The summed E-state index contributed by atoms with van der Waals surface area (Å²) < 4.78 is 27.6. The average Bonchev–Trinajstić information content (AvgIpc) is 3.58. The number of anilines is 1. The highest BCUT2D eigenvalue weighted by molar-refractivity contribution is 5.58. The summed E-state index contributed by atoms with van der Waals surface area (Å²) in [7, 11) is 0. The number of nitrogen functional groups attached to an aromatic ring is 1. The molecule has 1 fully saturated rings. The zero-order valence-electron chi connectivity index (χ0n) is 22.0. The van der Waals surface area contributed by atoms with Crippen LogP contribution in [0.5, 0.6) is 0 Å². The van der Waals surface area contributed by atoms with E-state index in [4.69, 9.17) is 24.7 Å². The molecule has 1 saturated heterocycles. The van der Waals surface area contributed by atoms with E-state index in [-0.39, 0.29) is 0 Å². The number of nitrogens with zero attached hydrogens (tertiary/aromatic N) is 4. The second kappa shape index (κ2) is 12.4. The van der Waals surface area contributed by atoms with Gasteiger partial charge in [0.2, 0.25) is 0 Å². The zero-order valence-corrected chi connectivity index (χ0v) is 22.0. The second-order valence-electron chi connectivity index (χ2n) is 9.68. The fraction of sp³-hybridized carbons (Fsp3) is 0.258. The monoisotopic (exact) mass is 537 g/mol. The molecule has 0 bridgehead atoms. The standard InChI is InChI=1S/C31H31N5O4/c32-30-31-33-16-25(36(31)35-21-34-30)27-29(39-19-24-14-8-3-9-15-24)28(38-18-23-12-6-2-7-13-23)26(40-27)20-37-17-22-10-4-1-5-11-22/h1-16,21,26-29H,17-20H2,(H2,32,34,35)/t26?,27?,28-,29+/m1/s1. The van der Waals surface area contributed by atoms with Gasteiger partial charge in [0.15, 0.2) is 11.5 Å². The van der Waals surface area contributed by atoms with Gasteiger partial charge in [-0.25, -0.2) is 14.5 Å². The Labute approximate surface area is 232 Å². The molecule has 4 atom stereocenters. The number of ether oxygens (including phenoxy) is 4. The van der Waals surface area contributed by atoms with Gasteiger partial charge >= 0.3 is 0 Å². The smallest absolute Gasteiger partial charge is 0.196 e. The first kappa shape index (κ1) is 26.1. The molecule has 1 aliphatic heterocycles. The number of hydrogen-bond acceptors (Lipinski definition) is 8. The van der Waals surface area contributed by atoms with Gasteiger partial charge < -0.3 is 24.7 Å².